The summed E-state index contributed by atoms with van der Waals surface area (Å²) in [6, 6.07) is 0. The van der Waals surface area contributed by atoms with Gasteiger partial charge in [-0.25, -0.2) is 9.48 Å². The van der Waals surface area contributed by atoms with Gasteiger partial charge in [0, 0.05) is 6.54 Å². The normalized spacial score (nSPS) is 10.1. The van der Waals surface area contributed by atoms with Crippen LogP contribution in [0.3, 0.4) is 0 Å². The number of aromatic nitrogens is 4. The molecule has 0 atom stereocenters. The average Bonchev–Trinajstić information content (AvgIpc) is 2.63. The fourth-order valence-corrected chi connectivity index (χ4v) is 0.907. The lowest BCUT2D eigenvalue weighted by atomic mass is 10.4. The summed E-state index contributed by atoms with van der Waals surface area (Å²) in [5, 5.41) is 10.4. The minimum Gasteiger partial charge on any atom is -0.460 e. The topological polar surface area (TPSA) is 69.9 Å². The number of hydrogen-bond acceptors (Lipinski definition) is 5. The molecular formula is C7H11FN4O2. The van der Waals surface area contributed by atoms with E-state index in [-0.39, 0.29) is 25.4 Å². The number of esters is 1. The van der Waals surface area contributed by atoms with Gasteiger partial charge in [0.2, 0.25) is 0 Å². The number of halogens is 1. The largest absolute Gasteiger partial charge is 0.460 e. The average molecular weight is 202 g/mol. The Balaban J connectivity index is 2.66. The first-order valence-corrected chi connectivity index (χ1v) is 4.28. The Bertz CT molecular complexity index is 302. The first-order chi connectivity index (χ1) is 6.79. The van der Waals surface area contributed by atoms with Crippen LogP contribution in [0.2, 0.25) is 0 Å². The van der Waals surface area contributed by atoms with Crippen LogP contribution in [0.4, 0.5) is 4.39 Å². The number of carbonyl (C=O) groups is 1. The molecule has 1 rings (SSSR count). The molecule has 0 aliphatic carbocycles. The monoisotopic (exact) mass is 202 g/mol. The molecule has 14 heavy (non-hydrogen) atoms. The predicted molar refractivity (Wildman–Crippen MR) is 44.4 cm³/mol. The maximum Gasteiger partial charge on any atom is 0.378 e. The molecule has 7 heteroatoms. The van der Waals surface area contributed by atoms with Gasteiger partial charge < -0.3 is 4.74 Å². The van der Waals surface area contributed by atoms with E-state index >= 15 is 0 Å². The molecule has 0 aliphatic heterocycles. The third-order valence-electron chi connectivity index (χ3n) is 1.49. The Morgan fingerprint density at radius 3 is 3.07 bits per heavy atom. The molecule has 6 nitrogen and oxygen atoms in total. The lowest BCUT2D eigenvalue weighted by Gasteiger charge is -2.01. The SMILES string of the molecule is CCOC(=O)c1nnnn1CCCF. The maximum absolute atomic E-state index is 11.9. The number of ether oxygens (including phenoxy) is 1. The van der Waals surface area contributed by atoms with Crippen molar-refractivity contribution in [3.05, 3.63) is 5.82 Å². The minimum absolute atomic E-state index is 0.0142. The van der Waals surface area contributed by atoms with Gasteiger partial charge in [-0.2, -0.15) is 0 Å². The molecule has 0 bridgehead atoms. The van der Waals surface area contributed by atoms with Crippen LogP contribution in [0.15, 0.2) is 0 Å². The highest BCUT2D eigenvalue weighted by molar-refractivity contribution is 5.85. The fraction of sp³-hybridized carbons (Fsp3) is 0.714. The van der Waals surface area contributed by atoms with Gasteiger partial charge in [0.1, 0.15) is 0 Å². The van der Waals surface area contributed by atoms with Gasteiger partial charge >= 0.3 is 5.97 Å². The summed E-state index contributed by atoms with van der Waals surface area (Å²) < 4.78 is 17.8. The van der Waals surface area contributed by atoms with Crippen molar-refractivity contribution in [1.82, 2.24) is 20.2 Å². The van der Waals surface area contributed by atoms with E-state index in [0.717, 1.165) is 0 Å². The lowest BCUT2D eigenvalue weighted by molar-refractivity contribution is 0.0504. The zero-order valence-corrected chi connectivity index (χ0v) is 7.81. The number of aryl methyl sites for hydroxylation is 1. The van der Waals surface area contributed by atoms with Crippen LogP contribution in [0.1, 0.15) is 24.0 Å². The van der Waals surface area contributed by atoms with Gasteiger partial charge in [-0.1, -0.05) is 0 Å². The summed E-state index contributed by atoms with van der Waals surface area (Å²) in [5.74, 6) is -0.573. The molecule has 0 saturated heterocycles. The Kier molecular flexibility index (Phi) is 3.96. The van der Waals surface area contributed by atoms with Crippen LogP contribution in [-0.4, -0.2) is 39.5 Å². The van der Waals surface area contributed by atoms with Crippen molar-refractivity contribution in [2.24, 2.45) is 0 Å². The highest BCUT2D eigenvalue weighted by Crippen LogP contribution is 1.97. The van der Waals surface area contributed by atoms with E-state index in [0.29, 0.717) is 0 Å². The quantitative estimate of drug-likeness (QED) is 0.638. The predicted octanol–water partition coefficient (Wildman–Crippen LogP) is 0.209. The number of nitrogens with zero attached hydrogens (tertiary/aromatic N) is 4. The number of rotatable bonds is 5. The molecule has 0 spiro atoms. The highest BCUT2D eigenvalue weighted by Gasteiger charge is 2.15. The molecule has 78 valence electrons. The maximum atomic E-state index is 11.9. The van der Waals surface area contributed by atoms with Crippen molar-refractivity contribution in [1.29, 1.82) is 0 Å². The van der Waals surface area contributed by atoms with Gasteiger partial charge in [0.15, 0.2) is 0 Å². The van der Waals surface area contributed by atoms with E-state index in [1.165, 1.54) is 4.68 Å². The second-order valence-electron chi connectivity index (χ2n) is 2.49. The Hall–Kier alpha value is -1.53. The second-order valence-corrected chi connectivity index (χ2v) is 2.49. The van der Waals surface area contributed by atoms with Crippen molar-refractivity contribution in [2.45, 2.75) is 19.9 Å². The second kappa shape index (κ2) is 5.25. The van der Waals surface area contributed by atoms with Crippen LogP contribution in [-0.2, 0) is 11.3 Å². The van der Waals surface area contributed by atoms with E-state index in [4.69, 9.17) is 4.74 Å². The smallest absolute Gasteiger partial charge is 0.378 e. The molecule has 0 aliphatic rings. The Morgan fingerprint density at radius 1 is 1.64 bits per heavy atom. The first-order valence-electron chi connectivity index (χ1n) is 4.28. The van der Waals surface area contributed by atoms with E-state index in [9.17, 15) is 9.18 Å². The van der Waals surface area contributed by atoms with Crippen molar-refractivity contribution < 1.29 is 13.9 Å². The van der Waals surface area contributed by atoms with E-state index in [2.05, 4.69) is 15.5 Å². The summed E-state index contributed by atoms with van der Waals surface area (Å²) in [7, 11) is 0. The minimum atomic E-state index is -0.587. The Morgan fingerprint density at radius 2 is 2.43 bits per heavy atom. The van der Waals surface area contributed by atoms with Gasteiger partial charge in [-0.3, -0.25) is 4.39 Å². The van der Waals surface area contributed by atoms with Crippen LogP contribution in [0.25, 0.3) is 0 Å². The molecule has 0 radical (unpaired) electrons. The molecule has 1 aromatic rings. The summed E-state index contributed by atoms with van der Waals surface area (Å²) in [4.78, 5) is 11.2. The van der Waals surface area contributed by atoms with Gasteiger partial charge in [0.25, 0.3) is 5.82 Å². The van der Waals surface area contributed by atoms with Crippen LogP contribution >= 0.6 is 0 Å². The summed E-state index contributed by atoms with van der Waals surface area (Å²) >= 11 is 0. The summed E-state index contributed by atoms with van der Waals surface area (Å²) in [6.45, 7) is 1.75. The third kappa shape index (κ3) is 2.48. The zero-order valence-electron chi connectivity index (χ0n) is 7.81. The number of hydrogen-bond donors (Lipinski definition) is 0. The zero-order chi connectivity index (χ0) is 10.4. The highest BCUT2D eigenvalue weighted by atomic mass is 19.1. The van der Waals surface area contributed by atoms with E-state index in [1.807, 2.05) is 0 Å². The summed E-state index contributed by atoms with van der Waals surface area (Å²) in [6.07, 6.45) is 0.275. The summed E-state index contributed by atoms with van der Waals surface area (Å²) in [5.41, 5.74) is 0. The fourth-order valence-electron chi connectivity index (χ4n) is 0.907. The molecule has 1 heterocycles. The van der Waals surface area contributed by atoms with Crippen molar-refractivity contribution in [2.75, 3.05) is 13.3 Å². The van der Waals surface area contributed by atoms with Gasteiger partial charge in [-0.15, -0.1) is 5.10 Å². The molecular weight excluding hydrogens is 191 g/mol. The van der Waals surface area contributed by atoms with E-state index < -0.39 is 12.6 Å². The molecule has 0 aromatic carbocycles. The standard InChI is InChI=1S/C7H11FN4O2/c1-2-14-7(13)6-9-10-11-12(6)5-3-4-8/h2-5H2,1H3. The van der Waals surface area contributed by atoms with Crippen molar-refractivity contribution in [3.63, 3.8) is 0 Å². The van der Waals surface area contributed by atoms with Crippen molar-refractivity contribution >= 4 is 5.97 Å². The number of tetrazole rings is 1. The van der Waals surface area contributed by atoms with Gasteiger partial charge in [0.05, 0.1) is 13.3 Å². The molecule has 0 N–H and O–H groups in total. The number of carbonyl (C=O) groups excluding carboxylic acids is 1. The third-order valence-corrected chi connectivity index (χ3v) is 1.49. The molecule has 1 aromatic heterocycles. The van der Waals surface area contributed by atoms with Crippen LogP contribution < -0.4 is 0 Å². The van der Waals surface area contributed by atoms with Crippen LogP contribution in [0, 0.1) is 0 Å². The number of alkyl halides is 1. The van der Waals surface area contributed by atoms with Crippen molar-refractivity contribution in [3.8, 4) is 0 Å². The molecule has 0 saturated carbocycles. The Labute approximate surface area is 80.0 Å². The lowest BCUT2D eigenvalue weighted by Crippen LogP contribution is -2.14. The van der Waals surface area contributed by atoms with Crippen LogP contribution in [0.5, 0.6) is 0 Å². The van der Waals surface area contributed by atoms with Gasteiger partial charge in [-0.05, 0) is 23.8 Å². The molecule has 0 amide bonds. The molecule has 0 unspecified atom stereocenters. The first kappa shape index (κ1) is 10.6. The molecule has 0 fully saturated rings. The van der Waals surface area contributed by atoms with E-state index in [1.54, 1.807) is 6.92 Å².